The van der Waals surface area contributed by atoms with Crippen LogP contribution in [0.15, 0.2) is 42.6 Å². The first kappa shape index (κ1) is 18.9. The Labute approximate surface area is 148 Å². The molecule has 0 fully saturated rings. The standard InChI is InChI=1S/C18H23N3O3S/c1-14-7-6-9-17(15(14)2)21(25(3,23)24)12-10-18(22)20-13-16-8-4-5-11-19-16/h4-9,11H,10,12-13H2,1-3H3,(H,20,22). The molecule has 0 unspecified atom stereocenters. The number of pyridine rings is 1. The van der Waals surface area contributed by atoms with Gasteiger partial charge in [0.05, 0.1) is 24.2 Å². The fraction of sp³-hybridized carbons (Fsp3) is 0.333. The monoisotopic (exact) mass is 361 g/mol. The molecule has 0 saturated carbocycles. The lowest BCUT2D eigenvalue weighted by atomic mass is 10.1. The van der Waals surface area contributed by atoms with Crippen LogP contribution in [0, 0.1) is 13.8 Å². The molecule has 1 heterocycles. The Hall–Kier alpha value is -2.41. The second-order valence-electron chi connectivity index (χ2n) is 5.90. The summed E-state index contributed by atoms with van der Waals surface area (Å²) in [6.07, 6.45) is 2.89. The van der Waals surface area contributed by atoms with Gasteiger partial charge in [0, 0.05) is 19.2 Å². The highest BCUT2D eigenvalue weighted by Crippen LogP contribution is 2.25. The summed E-state index contributed by atoms with van der Waals surface area (Å²) >= 11 is 0. The molecule has 2 rings (SSSR count). The molecule has 1 amide bonds. The van der Waals surface area contributed by atoms with Crippen molar-refractivity contribution in [3.63, 3.8) is 0 Å². The first-order chi connectivity index (χ1) is 11.8. The molecule has 134 valence electrons. The number of sulfonamides is 1. The molecule has 1 aromatic carbocycles. The molecule has 0 spiro atoms. The first-order valence-electron chi connectivity index (χ1n) is 7.99. The van der Waals surface area contributed by atoms with Gasteiger partial charge in [-0.25, -0.2) is 8.42 Å². The maximum absolute atomic E-state index is 12.2. The number of aromatic nitrogens is 1. The number of nitrogens with zero attached hydrogens (tertiary/aromatic N) is 2. The van der Waals surface area contributed by atoms with Crippen molar-refractivity contribution in [3.8, 4) is 0 Å². The summed E-state index contributed by atoms with van der Waals surface area (Å²) < 4.78 is 25.6. The van der Waals surface area contributed by atoms with Crippen molar-refractivity contribution >= 4 is 21.6 Å². The minimum atomic E-state index is -3.48. The average molecular weight is 361 g/mol. The van der Waals surface area contributed by atoms with Gasteiger partial charge in [0.1, 0.15) is 0 Å². The van der Waals surface area contributed by atoms with E-state index in [9.17, 15) is 13.2 Å². The minimum Gasteiger partial charge on any atom is -0.350 e. The van der Waals surface area contributed by atoms with Crippen molar-refractivity contribution in [2.45, 2.75) is 26.8 Å². The van der Waals surface area contributed by atoms with Crippen molar-refractivity contribution < 1.29 is 13.2 Å². The molecule has 2 aromatic rings. The largest absolute Gasteiger partial charge is 0.350 e. The van der Waals surface area contributed by atoms with Crippen LogP contribution in [0.5, 0.6) is 0 Å². The summed E-state index contributed by atoms with van der Waals surface area (Å²) in [7, 11) is -3.48. The molecule has 0 atom stereocenters. The van der Waals surface area contributed by atoms with Crippen LogP contribution in [0.4, 0.5) is 5.69 Å². The van der Waals surface area contributed by atoms with Gasteiger partial charge >= 0.3 is 0 Å². The lowest BCUT2D eigenvalue weighted by molar-refractivity contribution is -0.121. The van der Waals surface area contributed by atoms with Gasteiger partial charge < -0.3 is 5.32 Å². The topological polar surface area (TPSA) is 79.4 Å². The van der Waals surface area contributed by atoms with Crippen LogP contribution in [-0.4, -0.2) is 32.1 Å². The third-order valence-electron chi connectivity index (χ3n) is 3.98. The Kier molecular flexibility index (Phi) is 6.14. The molecule has 0 saturated heterocycles. The number of rotatable bonds is 7. The van der Waals surface area contributed by atoms with Crippen molar-refractivity contribution in [1.29, 1.82) is 0 Å². The molecule has 7 heteroatoms. The Morgan fingerprint density at radius 2 is 1.92 bits per heavy atom. The summed E-state index contributed by atoms with van der Waals surface area (Å²) in [6.45, 7) is 4.22. The number of hydrogen-bond donors (Lipinski definition) is 1. The van der Waals surface area contributed by atoms with Gasteiger partial charge in [-0.1, -0.05) is 18.2 Å². The van der Waals surface area contributed by atoms with E-state index in [0.29, 0.717) is 12.2 Å². The van der Waals surface area contributed by atoms with E-state index in [1.807, 2.05) is 38.1 Å². The molecule has 1 N–H and O–H groups in total. The van der Waals surface area contributed by atoms with E-state index >= 15 is 0 Å². The molecular weight excluding hydrogens is 338 g/mol. The van der Waals surface area contributed by atoms with Gasteiger partial charge in [0.25, 0.3) is 0 Å². The fourth-order valence-corrected chi connectivity index (χ4v) is 3.43. The van der Waals surface area contributed by atoms with E-state index in [-0.39, 0.29) is 18.9 Å². The Balaban J connectivity index is 2.03. The zero-order valence-corrected chi connectivity index (χ0v) is 15.5. The molecule has 1 aromatic heterocycles. The summed E-state index contributed by atoms with van der Waals surface area (Å²) in [6, 6.07) is 11.0. The van der Waals surface area contributed by atoms with Crippen LogP contribution in [0.25, 0.3) is 0 Å². The minimum absolute atomic E-state index is 0.0767. The van der Waals surface area contributed by atoms with E-state index < -0.39 is 10.0 Å². The summed E-state index contributed by atoms with van der Waals surface area (Å²) in [5, 5.41) is 2.76. The third kappa shape index (κ3) is 5.29. The molecule has 0 aliphatic heterocycles. The van der Waals surface area contributed by atoms with Crippen LogP contribution in [0.3, 0.4) is 0 Å². The maximum atomic E-state index is 12.2. The number of carbonyl (C=O) groups excluding carboxylic acids is 1. The highest BCUT2D eigenvalue weighted by Gasteiger charge is 2.20. The summed E-state index contributed by atoms with van der Waals surface area (Å²) in [5.41, 5.74) is 3.26. The van der Waals surface area contributed by atoms with Gasteiger partial charge in [-0.05, 0) is 43.2 Å². The number of anilines is 1. The van der Waals surface area contributed by atoms with Gasteiger partial charge in [0.15, 0.2) is 0 Å². The highest BCUT2D eigenvalue weighted by molar-refractivity contribution is 7.92. The summed E-state index contributed by atoms with van der Waals surface area (Å²) in [4.78, 5) is 16.2. The quantitative estimate of drug-likeness (QED) is 0.820. The number of benzene rings is 1. The van der Waals surface area contributed by atoms with E-state index in [2.05, 4.69) is 10.3 Å². The smallest absolute Gasteiger partial charge is 0.232 e. The van der Waals surface area contributed by atoms with Gasteiger partial charge in [-0.3, -0.25) is 14.1 Å². The number of carbonyl (C=O) groups is 1. The van der Waals surface area contributed by atoms with Gasteiger partial charge in [-0.2, -0.15) is 0 Å². The van der Waals surface area contributed by atoms with Gasteiger partial charge in [-0.15, -0.1) is 0 Å². The molecule has 6 nitrogen and oxygen atoms in total. The van der Waals surface area contributed by atoms with Crippen molar-refractivity contribution in [1.82, 2.24) is 10.3 Å². The second-order valence-corrected chi connectivity index (χ2v) is 7.81. The highest BCUT2D eigenvalue weighted by atomic mass is 32.2. The van der Waals surface area contributed by atoms with Gasteiger partial charge in [0.2, 0.25) is 15.9 Å². The third-order valence-corrected chi connectivity index (χ3v) is 5.16. The predicted molar refractivity (Wildman–Crippen MR) is 98.8 cm³/mol. The van der Waals surface area contributed by atoms with Crippen LogP contribution in [0.1, 0.15) is 23.2 Å². The van der Waals surface area contributed by atoms with Crippen LogP contribution >= 0.6 is 0 Å². The predicted octanol–water partition coefficient (Wildman–Crippen LogP) is 2.17. The van der Waals surface area contributed by atoms with Crippen LogP contribution < -0.4 is 9.62 Å². The fourth-order valence-electron chi connectivity index (χ4n) is 2.45. The first-order valence-corrected chi connectivity index (χ1v) is 9.84. The molecule has 0 aliphatic carbocycles. The van der Waals surface area contributed by atoms with Crippen molar-refractivity contribution in [2.24, 2.45) is 0 Å². The Morgan fingerprint density at radius 1 is 1.16 bits per heavy atom. The molecule has 0 bridgehead atoms. The zero-order chi connectivity index (χ0) is 18.4. The van der Waals surface area contributed by atoms with E-state index in [4.69, 9.17) is 0 Å². The molecule has 25 heavy (non-hydrogen) atoms. The lowest BCUT2D eigenvalue weighted by Gasteiger charge is -2.24. The number of nitrogens with one attached hydrogen (secondary N) is 1. The maximum Gasteiger partial charge on any atom is 0.232 e. The molecule has 0 radical (unpaired) electrons. The Bertz CT molecular complexity index is 836. The second kappa shape index (κ2) is 8.11. The van der Waals surface area contributed by atoms with Crippen molar-refractivity contribution in [2.75, 3.05) is 17.1 Å². The van der Waals surface area contributed by atoms with E-state index in [0.717, 1.165) is 23.1 Å². The number of aryl methyl sites for hydroxylation is 1. The normalized spacial score (nSPS) is 11.2. The zero-order valence-electron chi connectivity index (χ0n) is 14.7. The van der Waals surface area contributed by atoms with E-state index in [1.54, 1.807) is 18.3 Å². The number of amides is 1. The Morgan fingerprint density at radius 3 is 2.56 bits per heavy atom. The molecular formula is C18H23N3O3S. The van der Waals surface area contributed by atoms with Crippen molar-refractivity contribution in [3.05, 3.63) is 59.4 Å². The average Bonchev–Trinajstić information content (AvgIpc) is 2.56. The number of hydrogen-bond acceptors (Lipinski definition) is 4. The summed E-state index contributed by atoms with van der Waals surface area (Å²) in [5.74, 6) is -0.218. The lowest BCUT2D eigenvalue weighted by Crippen LogP contribution is -2.35. The van der Waals surface area contributed by atoms with Crippen LogP contribution in [0.2, 0.25) is 0 Å². The SMILES string of the molecule is Cc1cccc(N(CCC(=O)NCc2ccccn2)S(C)(=O)=O)c1C. The molecule has 0 aliphatic rings. The van der Waals surface area contributed by atoms with E-state index in [1.165, 1.54) is 4.31 Å². The van der Waals surface area contributed by atoms with Crippen LogP contribution in [-0.2, 0) is 21.4 Å².